The lowest BCUT2D eigenvalue weighted by molar-refractivity contribution is -0.143. The number of imide groups is 1. The molecule has 3 nitrogen and oxygen atoms in total. The van der Waals surface area contributed by atoms with Gasteiger partial charge in [-0.15, -0.1) is 0 Å². The van der Waals surface area contributed by atoms with Crippen LogP contribution in [-0.4, -0.2) is 16.7 Å². The summed E-state index contributed by atoms with van der Waals surface area (Å²) in [6, 6.07) is 8.42. The van der Waals surface area contributed by atoms with Crippen LogP contribution in [0.25, 0.3) is 0 Å². The molecule has 3 rings (SSSR count). The van der Waals surface area contributed by atoms with Gasteiger partial charge in [-0.2, -0.15) is 0 Å². The third-order valence-electron chi connectivity index (χ3n) is 6.08. The highest BCUT2D eigenvalue weighted by atomic mass is 16.2. The van der Waals surface area contributed by atoms with E-state index in [1.165, 1.54) is 5.56 Å². The Balaban J connectivity index is 1.85. The molecule has 0 radical (unpaired) electrons. The molecule has 1 aliphatic carbocycles. The molecule has 1 aromatic rings. The Labute approximate surface area is 145 Å². The van der Waals surface area contributed by atoms with Crippen LogP contribution in [0.1, 0.15) is 82.4 Å². The van der Waals surface area contributed by atoms with Crippen molar-refractivity contribution in [3.05, 3.63) is 35.4 Å². The smallest absolute Gasteiger partial charge is 0.233 e. The van der Waals surface area contributed by atoms with Crippen molar-refractivity contribution >= 4 is 11.8 Å². The monoisotopic (exact) mass is 327 g/mol. The Morgan fingerprint density at radius 2 is 1.42 bits per heavy atom. The predicted molar refractivity (Wildman–Crippen MR) is 95.5 cm³/mol. The first-order valence-corrected chi connectivity index (χ1v) is 9.55. The highest BCUT2D eigenvalue weighted by Gasteiger charge is 2.50. The minimum absolute atomic E-state index is 0.0558. The maximum atomic E-state index is 12.9. The topological polar surface area (TPSA) is 37.4 Å². The molecule has 0 aromatic heterocycles. The van der Waals surface area contributed by atoms with E-state index in [1.54, 1.807) is 4.90 Å². The highest BCUT2D eigenvalue weighted by Crippen LogP contribution is 2.42. The molecule has 2 aliphatic rings. The average Bonchev–Trinajstić information content (AvgIpc) is 2.88. The second-order valence-corrected chi connectivity index (χ2v) is 7.44. The Morgan fingerprint density at radius 3 is 1.88 bits per heavy atom. The van der Waals surface area contributed by atoms with Crippen LogP contribution in [0, 0.1) is 11.8 Å². The number of carbonyl (C=O) groups excluding carboxylic acids is 2. The van der Waals surface area contributed by atoms with Gasteiger partial charge in [0.05, 0.1) is 17.9 Å². The number of nitrogens with zero attached hydrogens (tertiary/aromatic N) is 1. The molecular formula is C21H29NO2. The first-order chi connectivity index (χ1) is 11.6. The van der Waals surface area contributed by atoms with Crippen molar-refractivity contribution in [2.24, 2.45) is 11.8 Å². The maximum absolute atomic E-state index is 12.9. The lowest BCUT2D eigenvalue weighted by atomic mass is 9.81. The number of carbonyl (C=O) groups is 2. The van der Waals surface area contributed by atoms with Crippen LogP contribution in [0.5, 0.6) is 0 Å². The first kappa shape index (κ1) is 17.2. The normalized spacial score (nSPS) is 26.4. The highest BCUT2D eigenvalue weighted by molar-refractivity contribution is 6.05. The van der Waals surface area contributed by atoms with Gasteiger partial charge in [0, 0.05) is 0 Å². The number of hydrogen-bond acceptors (Lipinski definition) is 2. The quantitative estimate of drug-likeness (QED) is 0.727. The molecular weight excluding hydrogens is 298 g/mol. The summed E-state index contributed by atoms with van der Waals surface area (Å²) >= 11 is 0. The number of rotatable bonds is 5. The van der Waals surface area contributed by atoms with Gasteiger partial charge >= 0.3 is 0 Å². The van der Waals surface area contributed by atoms with E-state index >= 15 is 0 Å². The molecule has 130 valence electrons. The zero-order valence-corrected chi connectivity index (χ0v) is 15.1. The summed E-state index contributed by atoms with van der Waals surface area (Å²) in [5.74, 6) is 0.571. The number of benzene rings is 1. The van der Waals surface area contributed by atoms with E-state index in [2.05, 4.69) is 45.0 Å². The van der Waals surface area contributed by atoms with Gasteiger partial charge in [0.2, 0.25) is 11.8 Å². The SMILES string of the molecule is CC[C@@H](C)c1ccc([C@@H](CC)N2C(=O)[C@H]3CCCC[C@H]3C2=O)cc1. The van der Waals surface area contributed by atoms with Crippen molar-refractivity contribution in [3.8, 4) is 0 Å². The Hall–Kier alpha value is -1.64. The van der Waals surface area contributed by atoms with Gasteiger partial charge in [0.15, 0.2) is 0 Å². The molecule has 0 spiro atoms. The fourth-order valence-electron chi connectivity index (χ4n) is 4.34. The van der Waals surface area contributed by atoms with Gasteiger partial charge in [-0.3, -0.25) is 14.5 Å². The van der Waals surface area contributed by atoms with Gasteiger partial charge in [-0.05, 0) is 42.7 Å². The second-order valence-electron chi connectivity index (χ2n) is 7.44. The maximum Gasteiger partial charge on any atom is 0.233 e. The lowest BCUT2D eigenvalue weighted by Crippen LogP contribution is -2.35. The van der Waals surface area contributed by atoms with Crippen LogP contribution in [0.4, 0.5) is 0 Å². The van der Waals surface area contributed by atoms with E-state index in [4.69, 9.17) is 0 Å². The minimum Gasteiger partial charge on any atom is -0.274 e. The van der Waals surface area contributed by atoms with Crippen molar-refractivity contribution in [2.75, 3.05) is 0 Å². The molecule has 0 unspecified atom stereocenters. The van der Waals surface area contributed by atoms with Crippen molar-refractivity contribution in [2.45, 2.75) is 71.3 Å². The first-order valence-electron chi connectivity index (χ1n) is 9.55. The van der Waals surface area contributed by atoms with Crippen molar-refractivity contribution in [3.63, 3.8) is 0 Å². The van der Waals surface area contributed by atoms with Gasteiger partial charge in [-0.1, -0.05) is 57.9 Å². The molecule has 2 fully saturated rings. The summed E-state index contributed by atoms with van der Waals surface area (Å²) in [7, 11) is 0. The lowest BCUT2D eigenvalue weighted by Gasteiger charge is -2.26. The van der Waals surface area contributed by atoms with Crippen LogP contribution >= 0.6 is 0 Å². The van der Waals surface area contributed by atoms with Gasteiger partial charge in [0.1, 0.15) is 0 Å². The third kappa shape index (κ3) is 2.89. The summed E-state index contributed by atoms with van der Waals surface area (Å²) < 4.78 is 0. The van der Waals surface area contributed by atoms with Crippen LogP contribution in [0.15, 0.2) is 24.3 Å². The molecule has 1 aromatic carbocycles. The molecule has 2 amide bonds. The summed E-state index contributed by atoms with van der Waals surface area (Å²) in [5, 5.41) is 0. The number of amides is 2. The summed E-state index contributed by atoms with van der Waals surface area (Å²) in [5.41, 5.74) is 2.41. The second kappa shape index (κ2) is 7.08. The Kier molecular flexibility index (Phi) is 5.07. The Morgan fingerprint density at radius 1 is 0.917 bits per heavy atom. The van der Waals surface area contributed by atoms with Crippen molar-refractivity contribution < 1.29 is 9.59 Å². The number of hydrogen-bond donors (Lipinski definition) is 0. The van der Waals surface area contributed by atoms with Crippen LogP contribution in [0.2, 0.25) is 0 Å². The van der Waals surface area contributed by atoms with E-state index in [0.717, 1.165) is 44.1 Å². The van der Waals surface area contributed by atoms with E-state index in [1.807, 2.05) is 0 Å². The standard InChI is InChI=1S/C21H29NO2/c1-4-14(3)15-10-12-16(13-11-15)19(5-2)22-20(23)17-8-6-7-9-18(17)21(22)24/h10-14,17-19H,4-9H2,1-3H3/t14-,17-,18+,19-/m1/s1. The van der Waals surface area contributed by atoms with E-state index in [9.17, 15) is 9.59 Å². The molecule has 4 atom stereocenters. The number of fused-ring (bicyclic) bond motifs is 1. The van der Waals surface area contributed by atoms with Gasteiger partial charge in [-0.25, -0.2) is 0 Å². The van der Waals surface area contributed by atoms with Crippen LogP contribution in [0.3, 0.4) is 0 Å². The molecule has 1 saturated heterocycles. The average molecular weight is 327 g/mol. The van der Waals surface area contributed by atoms with Crippen LogP contribution in [-0.2, 0) is 9.59 Å². The summed E-state index contributed by atoms with van der Waals surface area (Å²) in [6.07, 6.45) is 5.82. The van der Waals surface area contributed by atoms with Crippen molar-refractivity contribution in [1.82, 2.24) is 4.90 Å². The largest absolute Gasteiger partial charge is 0.274 e. The number of likely N-dealkylation sites (tertiary alicyclic amines) is 1. The molecule has 1 aliphatic heterocycles. The fourth-order valence-corrected chi connectivity index (χ4v) is 4.34. The minimum atomic E-state index is -0.110. The van der Waals surface area contributed by atoms with E-state index in [-0.39, 0.29) is 29.7 Å². The molecule has 0 bridgehead atoms. The van der Waals surface area contributed by atoms with E-state index in [0.29, 0.717) is 5.92 Å². The van der Waals surface area contributed by atoms with E-state index < -0.39 is 0 Å². The van der Waals surface area contributed by atoms with Crippen LogP contribution < -0.4 is 0 Å². The Bertz CT molecular complexity index is 583. The summed E-state index contributed by atoms with van der Waals surface area (Å²) in [6.45, 7) is 6.48. The molecule has 24 heavy (non-hydrogen) atoms. The fraction of sp³-hybridized carbons (Fsp3) is 0.619. The van der Waals surface area contributed by atoms with Gasteiger partial charge < -0.3 is 0 Å². The summed E-state index contributed by atoms with van der Waals surface area (Å²) in [4.78, 5) is 27.3. The third-order valence-corrected chi connectivity index (χ3v) is 6.08. The zero-order valence-electron chi connectivity index (χ0n) is 15.1. The molecule has 3 heteroatoms. The van der Waals surface area contributed by atoms with Gasteiger partial charge in [0.25, 0.3) is 0 Å². The molecule has 0 N–H and O–H groups in total. The molecule has 1 saturated carbocycles. The predicted octanol–water partition coefficient (Wildman–Crippen LogP) is 4.83. The van der Waals surface area contributed by atoms with Crippen molar-refractivity contribution in [1.29, 1.82) is 0 Å². The zero-order chi connectivity index (χ0) is 17.3. The molecule has 1 heterocycles.